The highest BCUT2D eigenvalue weighted by Gasteiger charge is 2.51. The number of ether oxygens (including phenoxy) is 4. The zero-order valence-corrected chi connectivity index (χ0v) is 19.1. The minimum Gasteiger partial charge on any atom is -0.463 e. The van der Waals surface area contributed by atoms with Crippen molar-refractivity contribution in [3.63, 3.8) is 0 Å². The van der Waals surface area contributed by atoms with E-state index in [1.54, 1.807) is 30.3 Å². The molecule has 0 aliphatic carbocycles. The van der Waals surface area contributed by atoms with Gasteiger partial charge in [-0.2, -0.15) is 4.98 Å². The third kappa shape index (κ3) is 4.84. The van der Waals surface area contributed by atoms with Crippen LogP contribution in [0.1, 0.15) is 27.0 Å². The van der Waals surface area contributed by atoms with Gasteiger partial charge in [-0.3, -0.25) is 28.7 Å². The van der Waals surface area contributed by atoms with Crippen LogP contribution in [0.5, 0.6) is 0 Å². The highest BCUT2D eigenvalue weighted by Crippen LogP contribution is 2.38. The molecule has 4 rings (SSSR count). The van der Waals surface area contributed by atoms with E-state index in [1.165, 1.54) is 25.3 Å². The molecule has 35 heavy (non-hydrogen) atoms. The highest BCUT2D eigenvalue weighted by molar-refractivity contribution is 5.77. The Morgan fingerprint density at radius 2 is 1.69 bits per heavy atom. The molecule has 3 aromatic rings. The molecule has 0 unspecified atom stereocenters. The van der Waals surface area contributed by atoms with Crippen LogP contribution in [0, 0.1) is 0 Å². The van der Waals surface area contributed by atoms with Crippen LogP contribution in [0.25, 0.3) is 22.6 Å². The van der Waals surface area contributed by atoms with E-state index in [4.69, 9.17) is 24.7 Å². The molecule has 1 aromatic carbocycles. The number of nitrogens with one attached hydrogen (secondary N) is 1. The number of esters is 3. The molecule has 2 aromatic heterocycles. The number of nitrogens with two attached hydrogens (primary N) is 1. The molecular formula is C22H23N5O8. The topological polar surface area (TPSA) is 178 Å². The van der Waals surface area contributed by atoms with Gasteiger partial charge in [0, 0.05) is 26.3 Å². The molecule has 3 N–H and O–H groups in total. The molecule has 0 amide bonds. The van der Waals surface area contributed by atoms with Gasteiger partial charge in [0.1, 0.15) is 18.5 Å². The fourth-order valence-corrected chi connectivity index (χ4v) is 3.93. The number of rotatable bonds is 6. The van der Waals surface area contributed by atoms with E-state index < -0.39 is 48.0 Å². The van der Waals surface area contributed by atoms with Gasteiger partial charge >= 0.3 is 17.9 Å². The monoisotopic (exact) mass is 485 g/mol. The summed E-state index contributed by atoms with van der Waals surface area (Å²) in [4.78, 5) is 59.0. The van der Waals surface area contributed by atoms with Crippen LogP contribution < -0.4 is 11.3 Å². The number of nitrogens with zero attached hydrogens (tertiary/aromatic N) is 3. The maximum absolute atomic E-state index is 12.6. The third-order valence-electron chi connectivity index (χ3n) is 5.20. The van der Waals surface area contributed by atoms with Crippen LogP contribution in [0.15, 0.2) is 35.1 Å². The average Bonchev–Trinajstić information content (AvgIpc) is 3.31. The average molecular weight is 485 g/mol. The van der Waals surface area contributed by atoms with Crippen LogP contribution in [0.2, 0.25) is 0 Å². The van der Waals surface area contributed by atoms with Crippen LogP contribution in [-0.2, 0) is 33.3 Å². The van der Waals surface area contributed by atoms with Gasteiger partial charge in [0.25, 0.3) is 5.56 Å². The van der Waals surface area contributed by atoms with Gasteiger partial charge < -0.3 is 24.7 Å². The van der Waals surface area contributed by atoms with Crippen molar-refractivity contribution in [2.45, 2.75) is 45.3 Å². The maximum Gasteiger partial charge on any atom is 0.303 e. The zero-order valence-electron chi connectivity index (χ0n) is 19.1. The lowest BCUT2D eigenvalue weighted by Crippen LogP contribution is -2.40. The SMILES string of the molecule is CC(=O)OC[C@H]1O[C@@H](n2c(-c3ccccc3)nc3c(=O)[nH]c(N)nc32)[C@H](OC(C)=O)[C@@H]1OC(C)=O. The summed E-state index contributed by atoms with van der Waals surface area (Å²) < 4.78 is 23.6. The molecule has 13 nitrogen and oxygen atoms in total. The van der Waals surface area contributed by atoms with Crippen LogP contribution >= 0.6 is 0 Å². The van der Waals surface area contributed by atoms with E-state index in [2.05, 4.69) is 15.0 Å². The minimum absolute atomic E-state index is 0.0318. The van der Waals surface area contributed by atoms with E-state index in [0.29, 0.717) is 5.56 Å². The van der Waals surface area contributed by atoms with Crippen molar-refractivity contribution >= 4 is 35.0 Å². The van der Waals surface area contributed by atoms with E-state index in [1.807, 2.05) is 0 Å². The lowest BCUT2D eigenvalue weighted by Gasteiger charge is -2.24. The third-order valence-corrected chi connectivity index (χ3v) is 5.20. The summed E-state index contributed by atoms with van der Waals surface area (Å²) in [5, 5.41) is 0. The molecule has 4 atom stereocenters. The number of carbonyl (C=O) groups is 3. The second-order valence-electron chi connectivity index (χ2n) is 7.81. The number of benzene rings is 1. The van der Waals surface area contributed by atoms with Crippen molar-refractivity contribution in [2.75, 3.05) is 12.3 Å². The number of hydrogen-bond acceptors (Lipinski definition) is 11. The Hall–Kier alpha value is -4.26. The van der Waals surface area contributed by atoms with Gasteiger partial charge in [-0.15, -0.1) is 0 Å². The number of hydrogen-bond donors (Lipinski definition) is 2. The first kappa shape index (κ1) is 23.9. The Morgan fingerprint density at radius 1 is 1.03 bits per heavy atom. The first-order valence-corrected chi connectivity index (χ1v) is 10.6. The van der Waals surface area contributed by atoms with Crippen molar-refractivity contribution in [2.24, 2.45) is 0 Å². The molecule has 0 spiro atoms. The molecule has 1 saturated heterocycles. The number of nitrogen functional groups attached to an aromatic ring is 1. The van der Waals surface area contributed by atoms with E-state index in [9.17, 15) is 19.2 Å². The Morgan fingerprint density at radius 3 is 2.31 bits per heavy atom. The molecule has 0 radical (unpaired) electrons. The maximum atomic E-state index is 12.6. The second kappa shape index (κ2) is 9.54. The first-order valence-electron chi connectivity index (χ1n) is 10.6. The number of H-pyrrole nitrogens is 1. The standard InChI is InChI=1S/C22H23N5O8/c1-10(28)32-9-14-16(33-11(2)29)17(34-12(3)30)21(35-14)27-18(13-7-5-4-6-8-13)24-15-19(27)25-22(23)26-20(15)31/h4-8,14,16-17,21H,9H2,1-3H3,(H3,23,25,26,31)/t14-,16-,17-,21-/m1/s1. The summed E-state index contributed by atoms with van der Waals surface area (Å²) in [7, 11) is 0. The quantitative estimate of drug-likeness (QED) is 0.371. The summed E-state index contributed by atoms with van der Waals surface area (Å²) >= 11 is 0. The number of fused-ring (bicyclic) bond motifs is 1. The predicted molar refractivity (Wildman–Crippen MR) is 120 cm³/mol. The molecular weight excluding hydrogens is 462 g/mol. The van der Waals surface area contributed by atoms with Gasteiger partial charge in [0.15, 0.2) is 29.6 Å². The van der Waals surface area contributed by atoms with Crippen molar-refractivity contribution < 1.29 is 33.3 Å². The molecule has 1 aliphatic rings. The van der Waals surface area contributed by atoms with E-state index >= 15 is 0 Å². The fraction of sp³-hybridized carbons (Fsp3) is 0.364. The van der Waals surface area contributed by atoms with Gasteiger partial charge in [0.2, 0.25) is 5.95 Å². The Labute approximate surface area is 198 Å². The molecule has 184 valence electrons. The number of anilines is 1. The smallest absolute Gasteiger partial charge is 0.303 e. The zero-order chi connectivity index (χ0) is 25.3. The summed E-state index contributed by atoms with van der Waals surface area (Å²) in [6, 6.07) is 8.86. The van der Waals surface area contributed by atoms with Gasteiger partial charge in [-0.1, -0.05) is 30.3 Å². The van der Waals surface area contributed by atoms with Gasteiger partial charge in [-0.25, -0.2) is 4.98 Å². The number of aromatic nitrogens is 4. The number of imidazole rings is 1. The fourth-order valence-electron chi connectivity index (χ4n) is 3.93. The Bertz CT molecular complexity index is 1330. The normalized spacial score (nSPS) is 21.6. The highest BCUT2D eigenvalue weighted by atomic mass is 16.7. The summed E-state index contributed by atoms with van der Waals surface area (Å²) in [6.45, 7) is 3.30. The lowest BCUT2D eigenvalue weighted by atomic mass is 10.1. The number of aromatic amines is 1. The molecule has 3 heterocycles. The van der Waals surface area contributed by atoms with Gasteiger partial charge in [-0.05, 0) is 0 Å². The van der Waals surface area contributed by atoms with Crippen molar-refractivity contribution in [3.8, 4) is 11.4 Å². The van der Waals surface area contributed by atoms with Crippen molar-refractivity contribution in [1.29, 1.82) is 0 Å². The van der Waals surface area contributed by atoms with E-state index in [-0.39, 0.29) is 29.5 Å². The largest absolute Gasteiger partial charge is 0.463 e. The van der Waals surface area contributed by atoms with Gasteiger partial charge in [0.05, 0.1) is 0 Å². The summed E-state index contributed by atoms with van der Waals surface area (Å²) in [5.74, 6) is -1.83. The predicted octanol–water partition coefficient (Wildman–Crippen LogP) is 0.693. The van der Waals surface area contributed by atoms with Crippen molar-refractivity contribution in [1.82, 2.24) is 19.5 Å². The van der Waals surface area contributed by atoms with Crippen LogP contribution in [0.3, 0.4) is 0 Å². The van der Waals surface area contributed by atoms with Crippen LogP contribution in [-0.4, -0.2) is 62.3 Å². The molecule has 13 heteroatoms. The molecule has 0 saturated carbocycles. The summed E-state index contributed by atoms with van der Waals surface area (Å²) in [5.41, 5.74) is 5.84. The van der Waals surface area contributed by atoms with Crippen LogP contribution in [0.4, 0.5) is 5.95 Å². The lowest BCUT2D eigenvalue weighted by molar-refractivity contribution is -0.166. The van der Waals surface area contributed by atoms with E-state index in [0.717, 1.165) is 0 Å². The van der Waals surface area contributed by atoms with Crippen molar-refractivity contribution in [3.05, 3.63) is 40.7 Å². The minimum atomic E-state index is -1.20. The molecule has 0 bridgehead atoms. The Kier molecular flexibility index (Phi) is 6.51. The first-order chi connectivity index (χ1) is 16.7. The second-order valence-corrected chi connectivity index (χ2v) is 7.81. The summed E-state index contributed by atoms with van der Waals surface area (Å²) in [6.07, 6.45) is -4.50. The molecule has 1 fully saturated rings. The molecule has 1 aliphatic heterocycles. The number of carbonyl (C=O) groups excluding carboxylic acids is 3. The Balaban J connectivity index is 1.93.